The van der Waals surface area contributed by atoms with Gasteiger partial charge in [0.1, 0.15) is 17.0 Å². The Morgan fingerprint density at radius 1 is 1.03 bits per heavy atom. The number of nitrogens with one attached hydrogen (secondary N) is 4. The number of likely N-dealkylation sites (N-methyl/N-ethyl adjacent to an activating group) is 1. The van der Waals surface area contributed by atoms with Gasteiger partial charge in [-0.1, -0.05) is 12.1 Å². The zero-order chi connectivity index (χ0) is 25.4. The summed E-state index contributed by atoms with van der Waals surface area (Å²) in [5.74, 6) is 0.324. The van der Waals surface area contributed by atoms with Gasteiger partial charge in [-0.2, -0.15) is 5.10 Å². The molecule has 8 nitrogen and oxygen atoms in total. The molecule has 0 radical (unpaired) electrons. The third-order valence-corrected chi connectivity index (χ3v) is 6.68. The van der Waals surface area contributed by atoms with E-state index in [2.05, 4.69) is 60.0 Å². The van der Waals surface area contributed by atoms with Gasteiger partial charge >= 0.3 is 0 Å². The van der Waals surface area contributed by atoms with Gasteiger partial charge in [-0.05, 0) is 74.6 Å². The summed E-state index contributed by atoms with van der Waals surface area (Å²) in [7, 11) is 4.01. The monoisotopic (exact) mass is 496 g/mol. The molecule has 1 aliphatic heterocycles. The fourth-order valence-corrected chi connectivity index (χ4v) is 4.79. The molecule has 0 bridgehead atoms. The molecule has 37 heavy (non-hydrogen) atoms. The summed E-state index contributed by atoms with van der Waals surface area (Å²) in [4.78, 5) is 14.9. The Morgan fingerprint density at radius 3 is 2.78 bits per heavy atom. The maximum absolute atomic E-state index is 14.6. The molecule has 0 aliphatic carbocycles. The first-order valence-corrected chi connectivity index (χ1v) is 12.5. The smallest absolute Gasteiger partial charge is 0.159 e. The average Bonchev–Trinajstić information content (AvgIpc) is 3.52. The largest absolute Gasteiger partial charge is 0.384 e. The first-order valence-electron chi connectivity index (χ1n) is 12.5. The third-order valence-electron chi connectivity index (χ3n) is 6.68. The van der Waals surface area contributed by atoms with E-state index < -0.39 is 0 Å². The van der Waals surface area contributed by atoms with E-state index in [0.717, 1.165) is 48.2 Å². The molecular formula is C28H29FN8. The fraction of sp³-hybridized carbons (Fsp3) is 0.250. The van der Waals surface area contributed by atoms with Crippen molar-refractivity contribution in [2.24, 2.45) is 0 Å². The molecule has 5 aromatic rings. The Labute approximate surface area is 214 Å². The van der Waals surface area contributed by atoms with E-state index in [9.17, 15) is 4.39 Å². The van der Waals surface area contributed by atoms with Crippen molar-refractivity contribution in [1.82, 2.24) is 35.4 Å². The molecule has 0 saturated heterocycles. The molecule has 0 atom stereocenters. The number of fused-ring (bicyclic) bond motifs is 2. The van der Waals surface area contributed by atoms with Crippen LogP contribution >= 0.6 is 0 Å². The normalized spacial score (nSPS) is 14.0. The minimum atomic E-state index is -0.322. The maximum Gasteiger partial charge on any atom is 0.159 e. The van der Waals surface area contributed by atoms with Crippen molar-refractivity contribution in [2.75, 3.05) is 45.6 Å². The quantitative estimate of drug-likeness (QED) is 0.262. The van der Waals surface area contributed by atoms with Crippen molar-refractivity contribution in [1.29, 1.82) is 0 Å². The second-order valence-corrected chi connectivity index (χ2v) is 9.62. The van der Waals surface area contributed by atoms with Gasteiger partial charge in [-0.3, -0.25) is 10.1 Å². The summed E-state index contributed by atoms with van der Waals surface area (Å²) in [5, 5.41) is 15.4. The minimum absolute atomic E-state index is 0.322. The standard InChI is InChI=1S/C28H29FN8/c1-37(2)12-11-31-21-14-19(13-20(29)16-21)25-27-24(7-10-32-25)33-28(34-27)26-22-15-18(3-4-23(22)35-36-26)17-5-8-30-9-6-17/h3-5,7,10,13-16,30-31H,6,8-9,11-12H2,1-2H3,(H,33,34)(H,35,36). The summed E-state index contributed by atoms with van der Waals surface area (Å²) in [6.45, 7) is 3.42. The van der Waals surface area contributed by atoms with Gasteiger partial charge in [0, 0.05) is 42.5 Å². The highest BCUT2D eigenvalue weighted by Gasteiger charge is 2.17. The molecule has 188 valence electrons. The number of nitrogens with zero attached hydrogens (tertiary/aromatic N) is 4. The van der Waals surface area contributed by atoms with Crippen LogP contribution < -0.4 is 10.6 Å². The van der Waals surface area contributed by atoms with Crippen LogP contribution in [0.15, 0.2) is 54.7 Å². The van der Waals surface area contributed by atoms with Gasteiger partial charge in [0.25, 0.3) is 0 Å². The molecule has 0 unspecified atom stereocenters. The lowest BCUT2D eigenvalue weighted by Crippen LogP contribution is -2.20. The number of pyridine rings is 1. The minimum Gasteiger partial charge on any atom is -0.384 e. The number of H-pyrrole nitrogens is 2. The number of halogens is 1. The van der Waals surface area contributed by atoms with Crippen LogP contribution in [-0.4, -0.2) is 70.3 Å². The molecule has 0 saturated carbocycles. The second kappa shape index (κ2) is 9.76. The zero-order valence-electron chi connectivity index (χ0n) is 20.9. The van der Waals surface area contributed by atoms with Gasteiger partial charge in [-0.15, -0.1) is 0 Å². The number of aromatic nitrogens is 5. The van der Waals surface area contributed by atoms with E-state index in [1.165, 1.54) is 23.3 Å². The summed E-state index contributed by atoms with van der Waals surface area (Å²) in [6.07, 6.45) is 4.96. The van der Waals surface area contributed by atoms with Crippen LogP contribution in [-0.2, 0) is 0 Å². The second-order valence-electron chi connectivity index (χ2n) is 9.62. The Bertz CT molecular complexity index is 1610. The predicted molar refractivity (Wildman–Crippen MR) is 147 cm³/mol. The van der Waals surface area contributed by atoms with Crippen LogP contribution in [0.1, 0.15) is 12.0 Å². The maximum atomic E-state index is 14.6. The molecule has 9 heteroatoms. The van der Waals surface area contributed by atoms with Crippen LogP contribution in [0.3, 0.4) is 0 Å². The highest BCUT2D eigenvalue weighted by molar-refractivity contribution is 5.97. The molecule has 0 spiro atoms. The Kier molecular flexibility index (Phi) is 6.15. The van der Waals surface area contributed by atoms with Gasteiger partial charge in [-0.25, -0.2) is 9.37 Å². The Balaban J connectivity index is 1.39. The van der Waals surface area contributed by atoms with Crippen molar-refractivity contribution in [3.63, 3.8) is 0 Å². The summed E-state index contributed by atoms with van der Waals surface area (Å²) >= 11 is 0. The lowest BCUT2D eigenvalue weighted by Gasteiger charge is -2.14. The highest BCUT2D eigenvalue weighted by atomic mass is 19.1. The van der Waals surface area contributed by atoms with Crippen LogP contribution in [0.5, 0.6) is 0 Å². The lowest BCUT2D eigenvalue weighted by atomic mass is 9.98. The predicted octanol–water partition coefficient (Wildman–Crippen LogP) is 4.66. The van der Waals surface area contributed by atoms with Crippen LogP contribution in [0, 0.1) is 5.82 Å². The van der Waals surface area contributed by atoms with E-state index in [-0.39, 0.29) is 5.82 Å². The van der Waals surface area contributed by atoms with Gasteiger partial charge in [0.2, 0.25) is 0 Å². The van der Waals surface area contributed by atoms with Crippen molar-refractivity contribution in [3.8, 4) is 22.8 Å². The average molecular weight is 497 g/mol. The van der Waals surface area contributed by atoms with Crippen molar-refractivity contribution >= 4 is 33.2 Å². The molecule has 3 aromatic heterocycles. The topological polar surface area (TPSA) is 97.5 Å². The SMILES string of the molecule is CN(C)CCNc1cc(F)cc(-c2nccc3[nH]c(-c4n[nH]c5ccc(C6=CCNCC6)cc45)nc23)c1. The summed E-state index contributed by atoms with van der Waals surface area (Å²) in [6, 6.07) is 13.2. The zero-order valence-corrected chi connectivity index (χ0v) is 20.9. The summed E-state index contributed by atoms with van der Waals surface area (Å²) in [5.41, 5.74) is 7.73. The molecular weight excluding hydrogens is 467 g/mol. The number of aromatic amines is 2. The lowest BCUT2D eigenvalue weighted by molar-refractivity contribution is 0.425. The fourth-order valence-electron chi connectivity index (χ4n) is 4.79. The molecule has 0 amide bonds. The molecule has 1 aliphatic rings. The van der Waals surface area contributed by atoms with Crippen LogP contribution in [0.4, 0.5) is 10.1 Å². The van der Waals surface area contributed by atoms with E-state index in [0.29, 0.717) is 34.8 Å². The summed E-state index contributed by atoms with van der Waals surface area (Å²) < 4.78 is 14.6. The number of benzene rings is 2. The van der Waals surface area contributed by atoms with Crippen molar-refractivity contribution < 1.29 is 4.39 Å². The Morgan fingerprint density at radius 2 is 1.95 bits per heavy atom. The van der Waals surface area contributed by atoms with Crippen molar-refractivity contribution in [3.05, 3.63) is 66.1 Å². The molecule has 0 fully saturated rings. The molecule has 2 aromatic carbocycles. The number of rotatable bonds is 7. The van der Waals surface area contributed by atoms with Gasteiger partial charge in [0.05, 0.1) is 16.7 Å². The Hall–Kier alpha value is -4.08. The van der Waals surface area contributed by atoms with E-state index in [4.69, 9.17) is 4.98 Å². The number of hydrogen-bond acceptors (Lipinski definition) is 6. The molecule has 6 rings (SSSR count). The van der Waals surface area contributed by atoms with E-state index in [1.807, 2.05) is 26.2 Å². The van der Waals surface area contributed by atoms with Crippen LogP contribution in [0.2, 0.25) is 0 Å². The molecule has 4 N–H and O–H groups in total. The van der Waals surface area contributed by atoms with Crippen LogP contribution in [0.25, 0.3) is 50.3 Å². The number of anilines is 1. The third kappa shape index (κ3) is 4.71. The number of hydrogen-bond donors (Lipinski definition) is 4. The van der Waals surface area contributed by atoms with E-state index in [1.54, 1.807) is 6.20 Å². The first-order chi connectivity index (χ1) is 18.0. The van der Waals surface area contributed by atoms with Gasteiger partial charge < -0.3 is 20.5 Å². The highest BCUT2D eigenvalue weighted by Crippen LogP contribution is 2.33. The molecule has 4 heterocycles. The van der Waals surface area contributed by atoms with Gasteiger partial charge in [0.15, 0.2) is 5.82 Å². The number of imidazole rings is 1. The first kappa shape index (κ1) is 23.3. The van der Waals surface area contributed by atoms with Crippen molar-refractivity contribution in [2.45, 2.75) is 6.42 Å². The van der Waals surface area contributed by atoms with E-state index >= 15 is 0 Å².